The highest BCUT2D eigenvalue weighted by Gasteiger charge is 2.03. The fourth-order valence-electron chi connectivity index (χ4n) is 1.40. The molecule has 0 atom stereocenters. The molecule has 2 aromatic carbocycles. The van der Waals surface area contributed by atoms with Crippen LogP contribution >= 0.6 is 31.9 Å². The fourth-order valence-corrected chi connectivity index (χ4v) is 2.48. The second-order valence-electron chi connectivity index (χ2n) is 2.87. The average Bonchev–Trinajstić information content (AvgIpc) is 2.12. The predicted molar refractivity (Wildman–Crippen MR) is 63.8 cm³/mol. The van der Waals surface area contributed by atoms with E-state index >= 15 is 0 Å². The van der Waals surface area contributed by atoms with Gasteiger partial charge in [-0.1, -0.05) is 50.1 Å². The van der Waals surface area contributed by atoms with E-state index in [9.17, 15) is 0 Å². The van der Waals surface area contributed by atoms with Crippen LogP contribution in [-0.2, 0) is 0 Å². The van der Waals surface area contributed by atoms with Gasteiger partial charge in [0.2, 0.25) is 0 Å². The first-order chi connectivity index (χ1) is 6.20. The van der Waals surface area contributed by atoms with Crippen LogP contribution in [0.3, 0.4) is 0 Å². The third-order valence-electron chi connectivity index (χ3n) is 2.02. The molecule has 13 heavy (non-hydrogen) atoms. The molecule has 0 nitrogen and oxygen atoms in total. The van der Waals surface area contributed by atoms with Gasteiger partial charge in [0, 0.05) is 14.3 Å². The average molecular weight is 299 g/mol. The summed E-state index contributed by atoms with van der Waals surface area (Å²) in [6.07, 6.45) is 0. The van der Waals surface area contributed by atoms with Crippen LogP contribution in [0.5, 0.6) is 0 Å². The third-order valence-corrected chi connectivity index (χ3v) is 3.38. The van der Waals surface area contributed by atoms with Gasteiger partial charge in [-0.3, -0.25) is 0 Å². The number of fused-ring (bicyclic) bond motifs is 1. The van der Waals surface area contributed by atoms with Crippen LogP contribution in [0.4, 0.5) is 0 Å². The number of hydrogen-bond acceptors (Lipinski definition) is 0. The van der Waals surface area contributed by atoms with Gasteiger partial charge in [0.25, 0.3) is 0 Å². The topological polar surface area (TPSA) is 0 Å². The summed E-state index contributed by atoms with van der Waals surface area (Å²) in [5.74, 6) is 0. The lowest BCUT2D eigenvalue weighted by Gasteiger charge is -2.05. The zero-order valence-corrected chi connectivity index (χ0v) is 10.0. The molecule has 0 aliphatic carbocycles. The molecule has 2 rings (SSSR count). The Labute approximate surface area is 94.2 Å². The Balaban J connectivity index is 3.00. The predicted octanol–water partition coefficient (Wildman–Crippen LogP) is 4.55. The summed E-state index contributed by atoms with van der Waals surface area (Å²) in [5, 5.41) is 2.37. The van der Waals surface area contributed by atoms with Crippen LogP contribution in [0.15, 0.2) is 39.3 Å². The SMILES string of the molecule is [CH2]c1ccc(Br)c2cccc(Br)c12. The van der Waals surface area contributed by atoms with Crippen molar-refractivity contribution in [3.63, 3.8) is 0 Å². The van der Waals surface area contributed by atoms with Gasteiger partial charge in [0.05, 0.1) is 0 Å². The molecule has 0 aliphatic rings. The van der Waals surface area contributed by atoms with E-state index in [-0.39, 0.29) is 0 Å². The second-order valence-corrected chi connectivity index (χ2v) is 4.58. The monoisotopic (exact) mass is 297 g/mol. The normalized spacial score (nSPS) is 10.7. The molecule has 0 amide bonds. The zero-order chi connectivity index (χ0) is 9.42. The van der Waals surface area contributed by atoms with E-state index in [0.29, 0.717) is 0 Å². The minimum absolute atomic E-state index is 1.05. The van der Waals surface area contributed by atoms with Crippen LogP contribution in [0.25, 0.3) is 10.8 Å². The standard InChI is InChI=1S/C11H7Br2/c1-7-5-6-9(12)8-3-2-4-10(13)11(7)8/h2-6H,1H2. The first-order valence-electron chi connectivity index (χ1n) is 3.89. The Morgan fingerprint density at radius 3 is 2.38 bits per heavy atom. The highest BCUT2D eigenvalue weighted by atomic mass is 79.9. The fraction of sp³-hybridized carbons (Fsp3) is 0. The molecule has 65 valence electrons. The molecule has 0 fully saturated rings. The second kappa shape index (κ2) is 3.43. The summed E-state index contributed by atoms with van der Waals surface area (Å²) in [4.78, 5) is 0. The molecule has 0 heterocycles. The van der Waals surface area contributed by atoms with Gasteiger partial charge in [0.1, 0.15) is 0 Å². The Morgan fingerprint density at radius 2 is 1.69 bits per heavy atom. The van der Waals surface area contributed by atoms with E-state index in [1.165, 1.54) is 10.8 Å². The van der Waals surface area contributed by atoms with Gasteiger partial charge < -0.3 is 0 Å². The number of hydrogen-bond donors (Lipinski definition) is 0. The Morgan fingerprint density at radius 1 is 0.923 bits per heavy atom. The first-order valence-corrected chi connectivity index (χ1v) is 5.47. The molecule has 0 N–H and O–H groups in total. The molecule has 0 spiro atoms. The van der Waals surface area contributed by atoms with E-state index < -0.39 is 0 Å². The molecule has 1 radical (unpaired) electrons. The van der Waals surface area contributed by atoms with Crippen LogP contribution in [0.2, 0.25) is 0 Å². The van der Waals surface area contributed by atoms with Gasteiger partial charge in [-0.15, -0.1) is 0 Å². The lowest BCUT2D eigenvalue weighted by Crippen LogP contribution is -1.80. The van der Waals surface area contributed by atoms with E-state index in [1.54, 1.807) is 0 Å². The van der Waals surface area contributed by atoms with Crippen molar-refractivity contribution in [1.82, 2.24) is 0 Å². The molecule has 0 saturated heterocycles. The van der Waals surface area contributed by atoms with E-state index in [0.717, 1.165) is 14.5 Å². The van der Waals surface area contributed by atoms with Gasteiger partial charge >= 0.3 is 0 Å². The maximum atomic E-state index is 4.00. The van der Waals surface area contributed by atoms with Gasteiger partial charge in [-0.05, 0) is 30.0 Å². The molecule has 0 bridgehead atoms. The summed E-state index contributed by atoms with van der Waals surface area (Å²) in [6, 6.07) is 10.2. The molecular formula is C11H7Br2. The van der Waals surface area contributed by atoms with Crippen LogP contribution in [0, 0.1) is 6.92 Å². The quantitative estimate of drug-likeness (QED) is 0.669. The van der Waals surface area contributed by atoms with Crippen molar-refractivity contribution in [2.24, 2.45) is 0 Å². The van der Waals surface area contributed by atoms with Crippen LogP contribution in [-0.4, -0.2) is 0 Å². The summed E-state index contributed by atoms with van der Waals surface area (Å²) >= 11 is 7.04. The lowest BCUT2D eigenvalue weighted by atomic mass is 10.1. The maximum Gasteiger partial charge on any atom is 0.0256 e. The van der Waals surface area contributed by atoms with Crippen molar-refractivity contribution in [3.8, 4) is 0 Å². The zero-order valence-electron chi connectivity index (χ0n) is 6.85. The summed E-state index contributed by atoms with van der Waals surface area (Å²) in [7, 11) is 0. The molecule has 2 aromatic rings. The molecular weight excluding hydrogens is 292 g/mol. The highest BCUT2D eigenvalue weighted by Crippen LogP contribution is 2.31. The first kappa shape index (κ1) is 9.22. The molecule has 0 unspecified atom stereocenters. The van der Waals surface area contributed by atoms with E-state index in [2.05, 4.69) is 44.8 Å². The van der Waals surface area contributed by atoms with Gasteiger partial charge in [-0.25, -0.2) is 0 Å². The van der Waals surface area contributed by atoms with Crippen molar-refractivity contribution in [2.45, 2.75) is 0 Å². The van der Waals surface area contributed by atoms with Crippen molar-refractivity contribution in [1.29, 1.82) is 0 Å². The Bertz CT molecular complexity index is 453. The Hall–Kier alpha value is -0.340. The number of rotatable bonds is 0. The lowest BCUT2D eigenvalue weighted by molar-refractivity contribution is 1.62. The maximum absolute atomic E-state index is 4.00. The molecule has 0 saturated carbocycles. The minimum atomic E-state index is 1.05. The van der Waals surface area contributed by atoms with E-state index in [4.69, 9.17) is 0 Å². The largest absolute Gasteiger partial charge is 0.0605 e. The smallest absolute Gasteiger partial charge is 0.0256 e. The van der Waals surface area contributed by atoms with Crippen molar-refractivity contribution in [3.05, 3.63) is 51.8 Å². The summed E-state index contributed by atoms with van der Waals surface area (Å²) in [6.45, 7) is 4.00. The van der Waals surface area contributed by atoms with Crippen molar-refractivity contribution in [2.75, 3.05) is 0 Å². The molecule has 0 aromatic heterocycles. The van der Waals surface area contributed by atoms with Crippen molar-refractivity contribution < 1.29 is 0 Å². The van der Waals surface area contributed by atoms with Crippen LogP contribution < -0.4 is 0 Å². The van der Waals surface area contributed by atoms with E-state index in [1.807, 2.05) is 24.3 Å². The van der Waals surface area contributed by atoms with Gasteiger partial charge in [-0.2, -0.15) is 0 Å². The van der Waals surface area contributed by atoms with Crippen molar-refractivity contribution >= 4 is 42.6 Å². The summed E-state index contributed by atoms with van der Waals surface area (Å²) in [5.41, 5.74) is 1.05. The minimum Gasteiger partial charge on any atom is -0.0605 e. The van der Waals surface area contributed by atoms with Crippen LogP contribution in [0.1, 0.15) is 5.56 Å². The molecule has 0 aliphatic heterocycles. The molecule has 2 heteroatoms. The number of benzene rings is 2. The number of halogens is 2. The highest BCUT2D eigenvalue weighted by molar-refractivity contribution is 9.11. The Kier molecular flexibility index (Phi) is 2.43. The van der Waals surface area contributed by atoms with Gasteiger partial charge in [0.15, 0.2) is 0 Å². The summed E-state index contributed by atoms with van der Waals surface area (Å²) < 4.78 is 2.20. The third kappa shape index (κ3) is 1.53.